The lowest BCUT2D eigenvalue weighted by Crippen LogP contribution is -2.37. The van der Waals surface area contributed by atoms with E-state index in [1.165, 1.54) is 0 Å². The van der Waals surface area contributed by atoms with Crippen molar-refractivity contribution in [1.29, 1.82) is 0 Å². The Labute approximate surface area is 167 Å². The SMILES string of the molecule is COCCN(Cc1nc2ccccc2c(=O)[nH]1)C(=S)Nc1ccc(Cl)cc1. The number of rotatable bonds is 6. The average molecular weight is 403 g/mol. The van der Waals surface area contributed by atoms with E-state index in [4.69, 9.17) is 28.6 Å². The minimum Gasteiger partial charge on any atom is -0.383 e. The van der Waals surface area contributed by atoms with E-state index in [2.05, 4.69) is 15.3 Å². The van der Waals surface area contributed by atoms with Crippen molar-refractivity contribution in [2.45, 2.75) is 6.54 Å². The van der Waals surface area contributed by atoms with Crippen LogP contribution in [-0.2, 0) is 11.3 Å². The van der Waals surface area contributed by atoms with Crippen LogP contribution in [0.3, 0.4) is 0 Å². The summed E-state index contributed by atoms with van der Waals surface area (Å²) >= 11 is 11.5. The van der Waals surface area contributed by atoms with Crippen LogP contribution in [0, 0.1) is 0 Å². The van der Waals surface area contributed by atoms with Crippen LogP contribution in [0.25, 0.3) is 10.9 Å². The number of hydrogen-bond donors (Lipinski definition) is 2. The van der Waals surface area contributed by atoms with E-state index in [0.29, 0.717) is 46.6 Å². The number of thiocarbonyl (C=S) groups is 1. The van der Waals surface area contributed by atoms with Gasteiger partial charge in [0.25, 0.3) is 5.56 Å². The molecule has 6 nitrogen and oxygen atoms in total. The van der Waals surface area contributed by atoms with Gasteiger partial charge in [0.05, 0.1) is 24.1 Å². The van der Waals surface area contributed by atoms with Crippen LogP contribution in [-0.4, -0.2) is 40.2 Å². The fourth-order valence-corrected chi connectivity index (χ4v) is 2.98. The van der Waals surface area contributed by atoms with E-state index < -0.39 is 0 Å². The minimum atomic E-state index is -0.168. The van der Waals surface area contributed by atoms with E-state index in [1.807, 2.05) is 35.2 Å². The molecule has 27 heavy (non-hydrogen) atoms. The number of H-pyrrole nitrogens is 1. The molecule has 140 valence electrons. The zero-order chi connectivity index (χ0) is 19.2. The molecule has 0 aliphatic carbocycles. The number of ether oxygens (including phenoxy) is 1. The first-order chi connectivity index (χ1) is 13.1. The van der Waals surface area contributed by atoms with Crippen LogP contribution in [0.5, 0.6) is 0 Å². The Hall–Kier alpha value is -2.48. The monoisotopic (exact) mass is 402 g/mol. The average Bonchev–Trinajstić information content (AvgIpc) is 2.67. The maximum atomic E-state index is 12.3. The Morgan fingerprint density at radius 3 is 2.74 bits per heavy atom. The molecule has 8 heteroatoms. The number of para-hydroxylation sites is 1. The third-order valence-corrected chi connectivity index (χ3v) is 4.56. The summed E-state index contributed by atoms with van der Waals surface area (Å²) < 4.78 is 5.18. The number of nitrogens with one attached hydrogen (secondary N) is 2. The van der Waals surface area contributed by atoms with Gasteiger partial charge < -0.3 is 19.9 Å². The smallest absolute Gasteiger partial charge is 0.258 e. The molecular formula is C19H19ClN4O2S. The Kier molecular flexibility index (Phi) is 6.39. The molecule has 0 amide bonds. The zero-order valence-electron chi connectivity index (χ0n) is 14.7. The number of anilines is 1. The van der Waals surface area contributed by atoms with E-state index in [0.717, 1.165) is 5.69 Å². The maximum Gasteiger partial charge on any atom is 0.258 e. The Bertz CT molecular complexity index is 991. The summed E-state index contributed by atoms with van der Waals surface area (Å²) in [6.07, 6.45) is 0. The van der Waals surface area contributed by atoms with Gasteiger partial charge in [-0.15, -0.1) is 0 Å². The number of benzene rings is 2. The fraction of sp³-hybridized carbons (Fsp3) is 0.211. The quantitative estimate of drug-likeness (QED) is 0.615. The van der Waals surface area contributed by atoms with Crippen molar-refractivity contribution in [2.75, 3.05) is 25.6 Å². The Morgan fingerprint density at radius 2 is 2.00 bits per heavy atom. The summed E-state index contributed by atoms with van der Waals surface area (Å²) in [5.74, 6) is 0.537. The second-order valence-corrected chi connectivity index (χ2v) is 6.70. The summed E-state index contributed by atoms with van der Waals surface area (Å²) in [7, 11) is 1.63. The maximum absolute atomic E-state index is 12.3. The molecule has 0 radical (unpaired) electrons. The van der Waals surface area contributed by atoms with Crippen LogP contribution >= 0.6 is 23.8 Å². The molecule has 1 heterocycles. The van der Waals surface area contributed by atoms with Gasteiger partial charge in [-0.25, -0.2) is 4.98 Å². The molecule has 3 aromatic rings. The van der Waals surface area contributed by atoms with Crippen LogP contribution in [0.15, 0.2) is 53.3 Å². The van der Waals surface area contributed by atoms with Crippen LogP contribution in [0.4, 0.5) is 5.69 Å². The van der Waals surface area contributed by atoms with Gasteiger partial charge in [0.1, 0.15) is 5.82 Å². The van der Waals surface area contributed by atoms with Crippen molar-refractivity contribution < 1.29 is 4.74 Å². The van der Waals surface area contributed by atoms with Gasteiger partial charge in [-0.05, 0) is 48.6 Å². The lowest BCUT2D eigenvalue weighted by molar-refractivity contribution is 0.174. The van der Waals surface area contributed by atoms with E-state index in [9.17, 15) is 4.79 Å². The Morgan fingerprint density at radius 1 is 1.26 bits per heavy atom. The van der Waals surface area contributed by atoms with Crippen molar-refractivity contribution >= 4 is 45.5 Å². The minimum absolute atomic E-state index is 0.168. The summed E-state index contributed by atoms with van der Waals surface area (Å²) in [6, 6.07) is 14.5. The highest BCUT2D eigenvalue weighted by atomic mass is 35.5. The van der Waals surface area contributed by atoms with Crippen LogP contribution < -0.4 is 10.9 Å². The molecule has 0 bridgehead atoms. The number of methoxy groups -OCH3 is 1. The molecule has 0 fully saturated rings. The lowest BCUT2D eigenvalue weighted by atomic mass is 10.2. The number of halogens is 1. The lowest BCUT2D eigenvalue weighted by Gasteiger charge is -2.25. The topological polar surface area (TPSA) is 70.2 Å². The van der Waals surface area contributed by atoms with Gasteiger partial charge in [-0.1, -0.05) is 23.7 Å². The normalized spacial score (nSPS) is 10.7. The molecular weight excluding hydrogens is 384 g/mol. The van der Waals surface area contributed by atoms with Gasteiger partial charge in [0.2, 0.25) is 0 Å². The summed E-state index contributed by atoms with van der Waals surface area (Å²) in [4.78, 5) is 21.5. The van der Waals surface area contributed by atoms with Gasteiger partial charge in [0.15, 0.2) is 5.11 Å². The summed E-state index contributed by atoms with van der Waals surface area (Å²) in [5.41, 5.74) is 1.31. The van der Waals surface area contributed by atoms with Crippen LogP contribution in [0.1, 0.15) is 5.82 Å². The zero-order valence-corrected chi connectivity index (χ0v) is 16.3. The number of aromatic nitrogens is 2. The highest BCUT2D eigenvalue weighted by molar-refractivity contribution is 7.80. The molecule has 0 spiro atoms. The highest BCUT2D eigenvalue weighted by Gasteiger charge is 2.13. The summed E-state index contributed by atoms with van der Waals surface area (Å²) in [6.45, 7) is 1.38. The largest absolute Gasteiger partial charge is 0.383 e. The molecule has 3 rings (SSSR count). The number of nitrogens with zero attached hydrogens (tertiary/aromatic N) is 2. The van der Waals surface area contributed by atoms with Crippen molar-refractivity contribution in [3.05, 3.63) is 69.7 Å². The van der Waals surface area contributed by atoms with Crippen LogP contribution in [0.2, 0.25) is 5.02 Å². The van der Waals surface area contributed by atoms with E-state index in [-0.39, 0.29) is 5.56 Å². The summed E-state index contributed by atoms with van der Waals surface area (Å²) in [5, 5.41) is 4.89. The van der Waals surface area contributed by atoms with Crippen molar-refractivity contribution in [1.82, 2.24) is 14.9 Å². The van der Waals surface area contributed by atoms with Crippen molar-refractivity contribution in [3.63, 3.8) is 0 Å². The van der Waals surface area contributed by atoms with Gasteiger partial charge in [0, 0.05) is 24.4 Å². The molecule has 0 saturated heterocycles. The third kappa shape index (κ3) is 5.03. The van der Waals surface area contributed by atoms with E-state index >= 15 is 0 Å². The highest BCUT2D eigenvalue weighted by Crippen LogP contribution is 2.15. The van der Waals surface area contributed by atoms with Gasteiger partial charge >= 0.3 is 0 Å². The third-order valence-electron chi connectivity index (χ3n) is 3.95. The van der Waals surface area contributed by atoms with Gasteiger partial charge in [-0.2, -0.15) is 0 Å². The molecule has 0 atom stereocenters. The van der Waals surface area contributed by atoms with Crippen molar-refractivity contribution in [2.24, 2.45) is 0 Å². The standard InChI is InChI=1S/C19H19ClN4O2S/c1-26-11-10-24(19(27)21-14-8-6-13(20)7-9-14)12-17-22-16-5-3-2-4-15(16)18(25)23-17/h2-9H,10-12H2,1H3,(H,21,27)(H,22,23,25). The number of fused-ring (bicyclic) bond motifs is 1. The predicted molar refractivity (Wildman–Crippen MR) is 112 cm³/mol. The molecule has 0 aliphatic heterocycles. The molecule has 2 aromatic carbocycles. The second-order valence-electron chi connectivity index (χ2n) is 5.88. The molecule has 2 N–H and O–H groups in total. The second kappa shape index (κ2) is 8.94. The van der Waals surface area contributed by atoms with Gasteiger partial charge in [-0.3, -0.25) is 4.79 Å². The first-order valence-electron chi connectivity index (χ1n) is 8.35. The molecule has 0 aliphatic rings. The fourth-order valence-electron chi connectivity index (χ4n) is 2.58. The number of aromatic amines is 1. The number of hydrogen-bond acceptors (Lipinski definition) is 4. The van der Waals surface area contributed by atoms with E-state index in [1.54, 1.807) is 25.3 Å². The molecule has 0 unspecified atom stereocenters. The first-order valence-corrected chi connectivity index (χ1v) is 9.14. The molecule has 1 aromatic heterocycles. The predicted octanol–water partition coefficient (Wildman–Crippen LogP) is 3.42. The first kappa shape index (κ1) is 19.3. The molecule has 0 saturated carbocycles. The Balaban J connectivity index is 1.81. The van der Waals surface area contributed by atoms with Crippen molar-refractivity contribution in [3.8, 4) is 0 Å².